The normalized spacial score (nSPS) is 53.8. The van der Waals surface area contributed by atoms with Crippen LogP contribution in [0.4, 0.5) is 0 Å². The summed E-state index contributed by atoms with van der Waals surface area (Å²) in [5.74, 6) is 2.16. The zero-order chi connectivity index (χ0) is 8.89. The molecule has 1 nitrogen and oxygen atoms in total. The quantitative estimate of drug-likeness (QED) is 0.652. The summed E-state index contributed by atoms with van der Waals surface area (Å²) in [5, 5.41) is 3.74. The lowest BCUT2D eigenvalue weighted by atomic mass is 9.47. The van der Waals surface area contributed by atoms with E-state index in [1.807, 2.05) is 0 Å². The van der Waals surface area contributed by atoms with Crippen molar-refractivity contribution in [2.45, 2.75) is 51.5 Å². The van der Waals surface area contributed by atoms with Crippen LogP contribution in [0.1, 0.15) is 45.4 Å². The molecule has 1 saturated heterocycles. The summed E-state index contributed by atoms with van der Waals surface area (Å²) in [6, 6.07) is 0.904. The highest BCUT2D eigenvalue weighted by Gasteiger charge is 2.54. The standard InChI is InChI=1S/C12H21N/c1-2-12-6-9(7-12)10-4-3-5-13-11(10)8-12/h9-11,13H,2-8H2,1H3. The second-order valence-corrected chi connectivity index (χ2v) is 5.59. The first-order valence-corrected chi connectivity index (χ1v) is 6.06. The fourth-order valence-corrected chi connectivity index (χ4v) is 4.19. The fourth-order valence-electron chi connectivity index (χ4n) is 4.19. The Morgan fingerprint density at radius 3 is 2.92 bits per heavy atom. The van der Waals surface area contributed by atoms with Crippen molar-refractivity contribution in [3.63, 3.8) is 0 Å². The first kappa shape index (κ1) is 8.28. The summed E-state index contributed by atoms with van der Waals surface area (Å²) in [5.41, 5.74) is 0.788. The number of hydrogen-bond donors (Lipinski definition) is 1. The van der Waals surface area contributed by atoms with Crippen molar-refractivity contribution < 1.29 is 0 Å². The lowest BCUT2D eigenvalue weighted by Crippen LogP contribution is -2.58. The summed E-state index contributed by atoms with van der Waals surface area (Å²) in [6.07, 6.45) is 8.98. The van der Waals surface area contributed by atoms with E-state index in [1.165, 1.54) is 32.2 Å². The van der Waals surface area contributed by atoms with E-state index in [0.29, 0.717) is 0 Å². The van der Waals surface area contributed by atoms with Gasteiger partial charge in [-0.3, -0.25) is 0 Å². The maximum absolute atomic E-state index is 3.74. The highest BCUT2D eigenvalue weighted by Crippen LogP contribution is 2.60. The summed E-state index contributed by atoms with van der Waals surface area (Å²) >= 11 is 0. The molecule has 13 heavy (non-hydrogen) atoms. The monoisotopic (exact) mass is 179 g/mol. The molecule has 1 heterocycles. The highest BCUT2D eigenvalue weighted by molar-refractivity contribution is 5.06. The van der Waals surface area contributed by atoms with Crippen molar-refractivity contribution in [3.8, 4) is 0 Å². The zero-order valence-electron chi connectivity index (χ0n) is 8.68. The maximum atomic E-state index is 3.74. The fraction of sp³-hybridized carbons (Fsp3) is 1.00. The van der Waals surface area contributed by atoms with Crippen molar-refractivity contribution in [1.29, 1.82) is 0 Å². The summed E-state index contributed by atoms with van der Waals surface area (Å²) in [4.78, 5) is 0. The molecule has 4 rings (SSSR count). The molecule has 74 valence electrons. The van der Waals surface area contributed by atoms with Crippen molar-refractivity contribution in [1.82, 2.24) is 5.32 Å². The molecule has 1 heteroatoms. The predicted octanol–water partition coefficient (Wildman–Crippen LogP) is 2.56. The van der Waals surface area contributed by atoms with Gasteiger partial charge in [0.15, 0.2) is 0 Å². The van der Waals surface area contributed by atoms with E-state index in [1.54, 1.807) is 12.8 Å². The van der Waals surface area contributed by atoms with Crippen molar-refractivity contribution in [2.24, 2.45) is 17.3 Å². The van der Waals surface area contributed by atoms with Crippen molar-refractivity contribution in [3.05, 3.63) is 0 Å². The Kier molecular flexibility index (Phi) is 1.74. The Morgan fingerprint density at radius 1 is 1.31 bits per heavy atom. The van der Waals surface area contributed by atoms with Gasteiger partial charge in [-0.1, -0.05) is 13.3 Å². The molecule has 2 bridgehead atoms. The van der Waals surface area contributed by atoms with Gasteiger partial charge in [-0.05, 0) is 55.9 Å². The SMILES string of the molecule is CCC12CC(C1)C1CCCNC1C2. The zero-order valence-corrected chi connectivity index (χ0v) is 8.68. The summed E-state index contributed by atoms with van der Waals surface area (Å²) in [7, 11) is 0. The van der Waals surface area contributed by atoms with E-state index in [0.717, 1.165) is 23.3 Å². The molecule has 0 aromatic carbocycles. The number of hydrogen-bond acceptors (Lipinski definition) is 1. The molecule has 1 N–H and O–H groups in total. The Bertz CT molecular complexity index is 205. The van der Waals surface area contributed by atoms with Gasteiger partial charge < -0.3 is 5.32 Å². The summed E-state index contributed by atoms with van der Waals surface area (Å²) < 4.78 is 0. The third-order valence-electron chi connectivity index (χ3n) is 5.04. The van der Waals surface area contributed by atoms with Crippen molar-refractivity contribution >= 4 is 0 Å². The molecule has 4 aliphatic rings. The Morgan fingerprint density at radius 2 is 2.15 bits per heavy atom. The van der Waals surface area contributed by atoms with E-state index >= 15 is 0 Å². The van der Waals surface area contributed by atoms with Crippen LogP contribution in [0.3, 0.4) is 0 Å². The van der Waals surface area contributed by atoms with Gasteiger partial charge >= 0.3 is 0 Å². The minimum absolute atomic E-state index is 0.788. The van der Waals surface area contributed by atoms with Gasteiger partial charge in [0.05, 0.1) is 0 Å². The lowest BCUT2D eigenvalue weighted by Gasteiger charge is -2.60. The number of rotatable bonds is 1. The molecule has 0 amide bonds. The van der Waals surface area contributed by atoms with Crippen LogP contribution in [-0.4, -0.2) is 12.6 Å². The predicted molar refractivity (Wildman–Crippen MR) is 54.6 cm³/mol. The number of piperidine rings is 1. The molecular formula is C12H21N. The molecule has 3 saturated carbocycles. The van der Waals surface area contributed by atoms with E-state index in [9.17, 15) is 0 Å². The molecular weight excluding hydrogens is 158 g/mol. The van der Waals surface area contributed by atoms with Crippen LogP contribution >= 0.6 is 0 Å². The van der Waals surface area contributed by atoms with Gasteiger partial charge in [0.1, 0.15) is 0 Å². The van der Waals surface area contributed by atoms with Crippen LogP contribution in [0, 0.1) is 17.3 Å². The lowest BCUT2D eigenvalue weighted by molar-refractivity contribution is -0.0821. The summed E-state index contributed by atoms with van der Waals surface area (Å²) in [6.45, 7) is 3.67. The third-order valence-corrected chi connectivity index (χ3v) is 5.04. The molecule has 1 aliphatic heterocycles. The average molecular weight is 179 g/mol. The first-order valence-electron chi connectivity index (χ1n) is 6.06. The Hall–Kier alpha value is -0.0400. The molecule has 2 atom stereocenters. The molecule has 0 spiro atoms. The molecule has 3 aliphatic carbocycles. The van der Waals surface area contributed by atoms with Gasteiger partial charge in [0, 0.05) is 6.04 Å². The molecule has 2 unspecified atom stereocenters. The maximum Gasteiger partial charge on any atom is 0.0103 e. The largest absolute Gasteiger partial charge is 0.314 e. The van der Waals surface area contributed by atoms with Crippen LogP contribution in [0.5, 0.6) is 0 Å². The second-order valence-electron chi connectivity index (χ2n) is 5.59. The minimum Gasteiger partial charge on any atom is -0.314 e. The second kappa shape index (κ2) is 2.73. The van der Waals surface area contributed by atoms with E-state index < -0.39 is 0 Å². The van der Waals surface area contributed by atoms with Gasteiger partial charge in [0.2, 0.25) is 0 Å². The van der Waals surface area contributed by atoms with Crippen LogP contribution in [0.15, 0.2) is 0 Å². The first-order chi connectivity index (χ1) is 6.33. The minimum atomic E-state index is 0.788. The Balaban J connectivity index is 1.76. The molecule has 4 fully saturated rings. The van der Waals surface area contributed by atoms with E-state index in [-0.39, 0.29) is 0 Å². The third kappa shape index (κ3) is 1.09. The molecule has 0 aromatic rings. The molecule has 0 radical (unpaired) electrons. The smallest absolute Gasteiger partial charge is 0.0103 e. The van der Waals surface area contributed by atoms with E-state index in [4.69, 9.17) is 0 Å². The van der Waals surface area contributed by atoms with Gasteiger partial charge in [-0.15, -0.1) is 0 Å². The van der Waals surface area contributed by atoms with Crippen LogP contribution in [0.25, 0.3) is 0 Å². The molecule has 0 aromatic heterocycles. The van der Waals surface area contributed by atoms with Crippen LogP contribution in [0.2, 0.25) is 0 Å². The van der Waals surface area contributed by atoms with E-state index in [2.05, 4.69) is 12.2 Å². The van der Waals surface area contributed by atoms with Gasteiger partial charge in [-0.25, -0.2) is 0 Å². The van der Waals surface area contributed by atoms with Crippen LogP contribution in [-0.2, 0) is 0 Å². The van der Waals surface area contributed by atoms with Crippen LogP contribution < -0.4 is 5.32 Å². The number of nitrogens with one attached hydrogen (secondary N) is 1. The van der Waals surface area contributed by atoms with Crippen molar-refractivity contribution in [2.75, 3.05) is 6.54 Å². The van der Waals surface area contributed by atoms with Gasteiger partial charge in [0.25, 0.3) is 0 Å². The van der Waals surface area contributed by atoms with Gasteiger partial charge in [-0.2, -0.15) is 0 Å². The highest BCUT2D eigenvalue weighted by atomic mass is 15.0. The average Bonchev–Trinajstić information content (AvgIpc) is 2.15. The Labute approximate surface area is 81.3 Å². The topological polar surface area (TPSA) is 12.0 Å².